The van der Waals surface area contributed by atoms with E-state index in [1.807, 2.05) is 43.3 Å². The van der Waals surface area contributed by atoms with Gasteiger partial charge in [-0.25, -0.2) is 0 Å². The molecule has 0 fully saturated rings. The Hall–Kier alpha value is -2.09. The average molecular weight is 224 g/mol. The molecule has 17 heavy (non-hydrogen) atoms. The second kappa shape index (κ2) is 5.85. The van der Waals surface area contributed by atoms with Crippen LogP contribution in [-0.4, -0.2) is 5.71 Å². The highest BCUT2D eigenvalue weighted by molar-refractivity contribution is 5.98. The van der Waals surface area contributed by atoms with Crippen molar-refractivity contribution in [3.8, 4) is 0 Å². The van der Waals surface area contributed by atoms with Crippen LogP contribution in [0.1, 0.15) is 18.1 Å². The van der Waals surface area contributed by atoms with Crippen LogP contribution in [0.25, 0.3) is 0 Å². The summed E-state index contributed by atoms with van der Waals surface area (Å²) in [4.78, 5) is 0. The van der Waals surface area contributed by atoms with Gasteiger partial charge in [0.05, 0.1) is 12.3 Å². The molecule has 0 amide bonds. The Balaban J connectivity index is 1.93. The van der Waals surface area contributed by atoms with E-state index in [1.54, 1.807) is 0 Å². The zero-order chi connectivity index (χ0) is 11.9. The lowest BCUT2D eigenvalue weighted by atomic mass is 10.1. The minimum absolute atomic E-state index is 0.755. The van der Waals surface area contributed by atoms with E-state index in [0.29, 0.717) is 0 Å². The van der Waals surface area contributed by atoms with E-state index in [2.05, 4.69) is 34.8 Å². The second-order valence-electron chi connectivity index (χ2n) is 3.88. The van der Waals surface area contributed by atoms with Gasteiger partial charge < -0.3 is 5.43 Å². The molecule has 0 aliphatic carbocycles. The summed E-state index contributed by atoms with van der Waals surface area (Å²) in [6, 6.07) is 20.4. The minimum atomic E-state index is 0.755. The van der Waals surface area contributed by atoms with Crippen molar-refractivity contribution >= 4 is 5.71 Å². The average Bonchev–Trinajstić information content (AvgIpc) is 2.41. The molecule has 0 aliphatic rings. The number of hydrogen-bond donors (Lipinski definition) is 1. The van der Waals surface area contributed by atoms with Crippen LogP contribution in [-0.2, 0) is 6.54 Å². The van der Waals surface area contributed by atoms with Gasteiger partial charge in [-0.15, -0.1) is 0 Å². The van der Waals surface area contributed by atoms with Crippen LogP contribution in [0, 0.1) is 0 Å². The molecule has 0 aromatic heterocycles. The van der Waals surface area contributed by atoms with Crippen molar-refractivity contribution in [3.05, 3.63) is 71.8 Å². The first-order chi connectivity index (χ1) is 8.36. The predicted molar refractivity (Wildman–Crippen MR) is 71.9 cm³/mol. The Morgan fingerprint density at radius 3 is 2.18 bits per heavy atom. The third kappa shape index (κ3) is 3.45. The Bertz CT molecular complexity index is 475. The topological polar surface area (TPSA) is 24.4 Å². The van der Waals surface area contributed by atoms with Crippen LogP contribution in [0.4, 0.5) is 0 Å². The van der Waals surface area contributed by atoms with Gasteiger partial charge in [0, 0.05) is 0 Å². The molecule has 2 heteroatoms. The van der Waals surface area contributed by atoms with Crippen molar-refractivity contribution in [1.29, 1.82) is 0 Å². The zero-order valence-electron chi connectivity index (χ0n) is 9.93. The molecule has 0 unspecified atom stereocenters. The molecule has 0 heterocycles. The fourth-order valence-corrected chi connectivity index (χ4v) is 1.59. The number of hydrogen-bond acceptors (Lipinski definition) is 2. The Labute approximate surface area is 102 Å². The van der Waals surface area contributed by atoms with Crippen molar-refractivity contribution in [2.24, 2.45) is 5.10 Å². The second-order valence-corrected chi connectivity index (χ2v) is 3.88. The van der Waals surface area contributed by atoms with E-state index in [4.69, 9.17) is 0 Å². The SMILES string of the molecule is CC(=NNCc1ccccc1)c1ccccc1. The fraction of sp³-hybridized carbons (Fsp3) is 0.133. The molecule has 0 bridgehead atoms. The van der Waals surface area contributed by atoms with E-state index in [1.165, 1.54) is 5.56 Å². The molecule has 2 aromatic carbocycles. The van der Waals surface area contributed by atoms with Crippen molar-refractivity contribution in [1.82, 2.24) is 5.43 Å². The summed E-state index contributed by atoms with van der Waals surface area (Å²) in [7, 11) is 0. The van der Waals surface area contributed by atoms with E-state index in [9.17, 15) is 0 Å². The summed E-state index contributed by atoms with van der Waals surface area (Å²) in [5, 5.41) is 4.36. The van der Waals surface area contributed by atoms with Crippen LogP contribution >= 0.6 is 0 Å². The number of rotatable bonds is 4. The summed E-state index contributed by atoms with van der Waals surface area (Å²) >= 11 is 0. The smallest absolute Gasteiger partial charge is 0.0644 e. The lowest BCUT2D eigenvalue weighted by Gasteiger charge is -2.03. The van der Waals surface area contributed by atoms with E-state index in [0.717, 1.165) is 17.8 Å². The highest BCUT2D eigenvalue weighted by Crippen LogP contribution is 2.01. The monoisotopic (exact) mass is 224 g/mol. The number of hydrazone groups is 1. The van der Waals surface area contributed by atoms with Crippen LogP contribution in [0.15, 0.2) is 65.8 Å². The summed E-state index contributed by atoms with van der Waals surface area (Å²) in [5.41, 5.74) is 6.47. The van der Waals surface area contributed by atoms with Crippen LogP contribution in [0.3, 0.4) is 0 Å². The standard InChI is InChI=1S/C15H16N2/c1-13(15-10-6-3-7-11-15)17-16-12-14-8-4-2-5-9-14/h2-11,16H,12H2,1H3. The molecule has 2 nitrogen and oxygen atoms in total. The molecule has 1 N–H and O–H groups in total. The maximum atomic E-state index is 4.36. The Morgan fingerprint density at radius 1 is 0.941 bits per heavy atom. The molecule has 0 radical (unpaired) electrons. The molecule has 0 saturated heterocycles. The largest absolute Gasteiger partial charge is 0.305 e. The van der Waals surface area contributed by atoms with Crippen molar-refractivity contribution in [2.45, 2.75) is 13.5 Å². The summed E-state index contributed by atoms with van der Waals surface area (Å²) < 4.78 is 0. The highest BCUT2D eigenvalue weighted by atomic mass is 15.3. The Kier molecular flexibility index (Phi) is 3.92. The Morgan fingerprint density at radius 2 is 1.53 bits per heavy atom. The van der Waals surface area contributed by atoms with Gasteiger partial charge >= 0.3 is 0 Å². The van der Waals surface area contributed by atoms with E-state index in [-0.39, 0.29) is 0 Å². The fourth-order valence-electron chi connectivity index (χ4n) is 1.59. The van der Waals surface area contributed by atoms with Gasteiger partial charge in [0.1, 0.15) is 0 Å². The lowest BCUT2D eigenvalue weighted by Crippen LogP contribution is -2.09. The summed E-state index contributed by atoms with van der Waals surface area (Å²) in [6.07, 6.45) is 0. The van der Waals surface area contributed by atoms with Gasteiger partial charge in [-0.1, -0.05) is 60.7 Å². The van der Waals surface area contributed by atoms with Crippen LogP contribution in [0.2, 0.25) is 0 Å². The molecule has 86 valence electrons. The van der Waals surface area contributed by atoms with Gasteiger partial charge in [0.15, 0.2) is 0 Å². The molecule has 0 spiro atoms. The lowest BCUT2D eigenvalue weighted by molar-refractivity contribution is 0.744. The molecule has 0 aliphatic heterocycles. The molecule has 0 saturated carbocycles. The predicted octanol–water partition coefficient (Wildman–Crippen LogP) is 3.20. The molecular weight excluding hydrogens is 208 g/mol. The van der Waals surface area contributed by atoms with Crippen molar-refractivity contribution in [3.63, 3.8) is 0 Å². The third-order valence-electron chi connectivity index (χ3n) is 2.56. The minimum Gasteiger partial charge on any atom is -0.305 e. The molecule has 2 rings (SSSR count). The summed E-state index contributed by atoms with van der Waals surface area (Å²) in [5.74, 6) is 0. The maximum absolute atomic E-state index is 4.36. The highest BCUT2D eigenvalue weighted by Gasteiger charge is 1.94. The molecular formula is C15H16N2. The van der Waals surface area contributed by atoms with Gasteiger partial charge in [-0.3, -0.25) is 0 Å². The van der Waals surface area contributed by atoms with E-state index < -0.39 is 0 Å². The van der Waals surface area contributed by atoms with Crippen molar-refractivity contribution in [2.75, 3.05) is 0 Å². The number of nitrogens with one attached hydrogen (secondary N) is 1. The van der Waals surface area contributed by atoms with E-state index >= 15 is 0 Å². The normalized spacial score (nSPS) is 11.2. The van der Waals surface area contributed by atoms with Gasteiger partial charge in [0.25, 0.3) is 0 Å². The van der Waals surface area contributed by atoms with Crippen molar-refractivity contribution < 1.29 is 0 Å². The zero-order valence-corrected chi connectivity index (χ0v) is 9.93. The number of benzene rings is 2. The molecule has 2 aromatic rings. The van der Waals surface area contributed by atoms with Crippen LogP contribution < -0.4 is 5.43 Å². The summed E-state index contributed by atoms with van der Waals surface area (Å²) in [6.45, 7) is 2.76. The number of nitrogens with zero attached hydrogens (tertiary/aromatic N) is 1. The quantitative estimate of drug-likeness (QED) is 0.626. The maximum Gasteiger partial charge on any atom is 0.0644 e. The molecule has 0 atom stereocenters. The first kappa shape index (κ1) is 11.4. The van der Waals surface area contributed by atoms with Gasteiger partial charge in [0.2, 0.25) is 0 Å². The first-order valence-electron chi connectivity index (χ1n) is 5.73. The first-order valence-corrected chi connectivity index (χ1v) is 5.73. The van der Waals surface area contributed by atoms with Gasteiger partial charge in [-0.05, 0) is 18.1 Å². The van der Waals surface area contributed by atoms with Crippen LogP contribution in [0.5, 0.6) is 0 Å². The third-order valence-corrected chi connectivity index (χ3v) is 2.56. The van der Waals surface area contributed by atoms with Gasteiger partial charge in [-0.2, -0.15) is 5.10 Å².